The summed E-state index contributed by atoms with van der Waals surface area (Å²) in [5, 5.41) is 6.17. The molecule has 1 heterocycles. The summed E-state index contributed by atoms with van der Waals surface area (Å²) in [5.74, 6) is 0.756. The van der Waals surface area contributed by atoms with E-state index in [1.54, 1.807) is 19.0 Å². The van der Waals surface area contributed by atoms with E-state index in [0.717, 1.165) is 28.3 Å². The zero-order valence-electron chi connectivity index (χ0n) is 15.1. The minimum Gasteiger partial charge on any atom is -0.497 e. The van der Waals surface area contributed by atoms with Crippen LogP contribution < -0.4 is 9.64 Å². The highest BCUT2D eigenvalue weighted by Gasteiger charge is 2.31. The molecule has 0 N–H and O–H groups in total. The fourth-order valence-electron chi connectivity index (χ4n) is 3.01. The quantitative estimate of drug-likeness (QED) is 0.858. The van der Waals surface area contributed by atoms with E-state index >= 15 is 0 Å². The number of nitrogens with zero attached hydrogens (tertiary/aromatic N) is 3. The number of amides is 1. The van der Waals surface area contributed by atoms with Crippen LogP contribution in [-0.2, 0) is 4.79 Å². The highest BCUT2D eigenvalue weighted by atomic mass is 16.5. The number of benzene rings is 2. The van der Waals surface area contributed by atoms with Gasteiger partial charge in [0, 0.05) is 33.1 Å². The third-order valence-electron chi connectivity index (χ3n) is 4.45. The number of methoxy groups -OCH3 is 1. The summed E-state index contributed by atoms with van der Waals surface area (Å²) in [5.41, 5.74) is 4.15. The molecule has 0 saturated carbocycles. The summed E-state index contributed by atoms with van der Waals surface area (Å²) < 4.78 is 5.20. The van der Waals surface area contributed by atoms with Gasteiger partial charge in [0.15, 0.2) is 0 Å². The Bertz CT molecular complexity index is 780. The maximum absolute atomic E-state index is 12.1. The van der Waals surface area contributed by atoms with Crippen molar-refractivity contribution in [3.63, 3.8) is 0 Å². The predicted octanol–water partition coefficient (Wildman–Crippen LogP) is 3.46. The van der Waals surface area contributed by atoms with E-state index in [0.29, 0.717) is 6.42 Å². The van der Waals surface area contributed by atoms with Gasteiger partial charge in [0.05, 0.1) is 18.9 Å². The van der Waals surface area contributed by atoms with E-state index in [-0.39, 0.29) is 11.9 Å². The number of carbonyl (C=O) groups is 1. The lowest BCUT2D eigenvalue weighted by atomic mass is 9.98. The van der Waals surface area contributed by atoms with Crippen molar-refractivity contribution in [3.8, 4) is 5.75 Å². The molecule has 0 unspecified atom stereocenters. The van der Waals surface area contributed by atoms with Crippen LogP contribution in [-0.4, -0.2) is 37.8 Å². The van der Waals surface area contributed by atoms with Crippen molar-refractivity contribution < 1.29 is 9.53 Å². The van der Waals surface area contributed by atoms with E-state index in [4.69, 9.17) is 4.74 Å². The third kappa shape index (κ3) is 3.50. The van der Waals surface area contributed by atoms with Gasteiger partial charge in [-0.05, 0) is 47.5 Å². The molecular formula is C20H23N3O2. The van der Waals surface area contributed by atoms with E-state index in [2.05, 4.69) is 34.3 Å². The molecule has 1 aliphatic heterocycles. The van der Waals surface area contributed by atoms with Crippen LogP contribution in [0.2, 0.25) is 0 Å². The van der Waals surface area contributed by atoms with Crippen LogP contribution >= 0.6 is 0 Å². The molecule has 0 radical (unpaired) electrons. The Morgan fingerprint density at radius 1 is 1.12 bits per heavy atom. The van der Waals surface area contributed by atoms with Crippen LogP contribution in [0.4, 0.5) is 5.69 Å². The fraction of sp³-hybridized carbons (Fsp3) is 0.300. The van der Waals surface area contributed by atoms with Crippen molar-refractivity contribution in [1.82, 2.24) is 5.01 Å². The minimum atomic E-state index is -0.0641. The van der Waals surface area contributed by atoms with Gasteiger partial charge in [0.25, 0.3) is 0 Å². The van der Waals surface area contributed by atoms with Crippen molar-refractivity contribution >= 4 is 17.3 Å². The number of hydrazone groups is 1. The summed E-state index contributed by atoms with van der Waals surface area (Å²) >= 11 is 0. The van der Waals surface area contributed by atoms with Crippen molar-refractivity contribution in [3.05, 3.63) is 59.7 Å². The van der Waals surface area contributed by atoms with E-state index in [1.165, 1.54) is 0 Å². The smallest absolute Gasteiger partial charge is 0.240 e. The molecule has 1 atom stereocenters. The average molecular weight is 337 g/mol. The normalized spacial score (nSPS) is 16.6. The Balaban J connectivity index is 1.87. The number of rotatable bonds is 4. The largest absolute Gasteiger partial charge is 0.497 e. The Hall–Kier alpha value is -2.82. The van der Waals surface area contributed by atoms with E-state index in [1.807, 2.05) is 38.4 Å². The molecule has 130 valence electrons. The lowest BCUT2D eigenvalue weighted by Gasteiger charge is -2.21. The van der Waals surface area contributed by atoms with Crippen molar-refractivity contribution in [1.29, 1.82) is 0 Å². The van der Waals surface area contributed by atoms with Gasteiger partial charge in [0.1, 0.15) is 5.75 Å². The Morgan fingerprint density at radius 2 is 1.76 bits per heavy atom. The van der Waals surface area contributed by atoms with Crippen LogP contribution in [0.1, 0.15) is 30.5 Å². The first-order valence-electron chi connectivity index (χ1n) is 8.28. The molecule has 1 amide bonds. The standard InChI is InChI=1S/C20H23N3O2/c1-14(24)23-20(16-5-9-17(10-6-16)22(2)3)13-19(21-23)15-7-11-18(25-4)12-8-15/h5-12,20H,13H2,1-4H3/t20-/m0/s1. The molecule has 0 aliphatic carbocycles. The number of ether oxygens (including phenoxy) is 1. The summed E-state index contributed by atoms with van der Waals surface area (Å²) in [7, 11) is 5.67. The molecule has 3 rings (SSSR count). The van der Waals surface area contributed by atoms with Crippen molar-refractivity contribution in [2.24, 2.45) is 5.10 Å². The van der Waals surface area contributed by atoms with Crippen molar-refractivity contribution in [2.75, 3.05) is 26.1 Å². The monoisotopic (exact) mass is 337 g/mol. The molecular weight excluding hydrogens is 314 g/mol. The molecule has 0 bridgehead atoms. The maximum atomic E-state index is 12.1. The molecule has 2 aromatic rings. The number of hydrogen-bond donors (Lipinski definition) is 0. The zero-order chi connectivity index (χ0) is 18.0. The molecule has 0 saturated heterocycles. The summed E-state index contributed by atoms with van der Waals surface area (Å²) in [6.07, 6.45) is 0.702. The predicted molar refractivity (Wildman–Crippen MR) is 100 cm³/mol. The van der Waals surface area contributed by atoms with Gasteiger partial charge in [-0.15, -0.1) is 0 Å². The topological polar surface area (TPSA) is 45.1 Å². The minimum absolute atomic E-state index is 0.0507. The van der Waals surface area contributed by atoms with Crippen molar-refractivity contribution in [2.45, 2.75) is 19.4 Å². The first-order chi connectivity index (χ1) is 12.0. The number of carbonyl (C=O) groups excluding carboxylic acids is 1. The van der Waals surface area contributed by atoms with Gasteiger partial charge in [-0.25, -0.2) is 5.01 Å². The van der Waals surface area contributed by atoms with Gasteiger partial charge in [0.2, 0.25) is 5.91 Å². The van der Waals surface area contributed by atoms with Gasteiger partial charge >= 0.3 is 0 Å². The second-order valence-electron chi connectivity index (χ2n) is 6.34. The van der Waals surface area contributed by atoms with E-state index < -0.39 is 0 Å². The van der Waals surface area contributed by atoms with Gasteiger partial charge in [-0.1, -0.05) is 12.1 Å². The highest BCUT2D eigenvalue weighted by Crippen LogP contribution is 2.33. The van der Waals surface area contributed by atoms with Crippen LogP contribution in [0.25, 0.3) is 0 Å². The summed E-state index contributed by atoms with van der Waals surface area (Å²) in [6.45, 7) is 1.56. The summed E-state index contributed by atoms with van der Waals surface area (Å²) in [4.78, 5) is 14.1. The van der Waals surface area contributed by atoms with Gasteiger partial charge in [-0.2, -0.15) is 5.10 Å². The number of anilines is 1. The highest BCUT2D eigenvalue weighted by molar-refractivity contribution is 6.03. The van der Waals surface area contributed by atoms with Crippen LogP contribution in [0, 0.1) is 0 Å². The summed E-state index contributed by atoms with van der Waals surface area (Å²) in [6, 6.07) is 16.0. The molecule has 0 fully saturated rings. The zero-order valence-corrected chi connectivity index (χ0v) is 15.1. The third-order valence-corrected chi connectivity index (χ3v) is 4.45. The molecule has 0 aromatic heterocycles. The SMILES string of the molecule is COc1ccc(C2=NN(C(C)=O)[C@H](c3ccc(N(C)C)cc3)C2)cc1. The molecule has 0 spiro atoms. The number of hydrogen-bond acceptors (Lipinski definition) is 4. The van der Waals surface area contributed by atoms with E-state index in [9.17, 15) is 4.79 Å². The maximum Gasteiger partial charge on any atom is 0.240 e. The second-order valence-corrected chi connectivity index (χ2v) is 6.34. The molecule has 2 aromatic carbocycles. The average Bonchev–Trinajstić information content (AvgIpc) is 3.07. The van der Waals surface area contributed by atoms with Crippen LogP contribution in [0.15, 0.2) is 53.6 Å². The Morgan fingerprint density at radius 3 is 2.28 bits per heavy atom. The first kappa shape index (κ1) is 17.0. The van der Waals surface area contributed by atoms with Gasteiger partial charge < -0.3 is 9.64 Å². The molecule has 25 heavy (non-hydrogen) atoms. The fourth-order valence-corrected chi connectivity index (χ4v) is 3.01. The lowest BCUT2D eigenvalue weighted by Crippen LogP contribution is -2.24. The molecule has 5 nitrogen and oxygen atoms in total. The van der Waals surface area contributed by atoms with Crippen LogP contribution in [0.5, 0.6) is 5.75 Å². The second kappa shape index (κ2) is 6.97. The molecule has 1 aliphatic rings. The Kier molecular flexibility index (Phi) is 4.74. The lowest BCUT2D eigenvalue weighted by molar-refractivity contribution is -0.130. The Labute approximate surface area is 148 Å². The van der Waals surface area contributed by atoms with Gasteiger partial charge in [-0.3, -0.25) is 4.79 Å². The first-order valence-corrected chi connectivity index (χ1v) is 8.28. The van der Waals surface area contributed by atoms with Crippen LogP contribution in [0.3, 0.4) is 0 Å². The molecule has 5 heteroatoms.